The monoisotopic (exact) mass is 564 g/mol. The smallest absolute Gasteiger partial charge is 0.258 e. The van der Waals surface area contributed by atoms with E-state index in [9.17, 15) is 0 Å². The highest BCUT2D eigenvalue weighted by molar-refractivity contribution is 7.15. The van der Waals surface area contributed by atoms with E-state index in [1.165, 1.54) is 10.6 Å². The minimum atomic E-state index is -0.0905. The molecule has 3 aromatic rings. The van der Waals surface area contributed by atoms with Crippen LogP contribution in [0.25, 0.3) is 10.6 Å². The first-order chi connectivity index (χ1) is 18.6. The fraction of sp³-hybridized carbons (Fsp3) is 0.625. The van der Waals surface area contributed by atoms with Crippen LogP contribution < -0.4 is 10.5 Å². The predicted octanol–water partition coefficient (Wildman–Crippen LogP) is 7.29. The summed E-state index contributed by atoms with van der Waals surface area (Å²) in [6.45, 7) is 24.9. The minimum absolute atomic E-state index is 0.0822. The second kappa shape index (κ2) is 11.4. The second-order valence-electron chi connectivity index (χ2n) is 14.0. The fourth-order valence-corrected chi connectivity index (χ4v) is 6.83. The molecule has 4 rings (SSSR count). The molecular formula is C32H48N6OS. The zero-order chi connectivity index (χ0) is 29.5. The largest absolute Gasteiger partial charge is 0.470 e. The van der Waals surface area contributed by atoms with Crippen LogP contribution in [0.5, 0.6) is 5.88 Å². The number of aryl methyl sites for hydroxylation is 1. The Balaban J connectivity index is 1.59. The lowest BCUT2D eigenvalue weighted by Crippen LogP contribution is -2.45. The summed E-state index contributed by atoms with van der Waals surface area (Å²) in [6.07, 6.45) is 6.74. The number of nitrogen functional groups attached to an aromatic ring is 1. The Bertz CT molecular complexity index is 1320. The standard InChI is InChI=1S/C32H48N6OS/c1-11-22-25(40-29(37-22)20-13-16-38(17-14-20)32(8,9)10)23-18-35-27(33)28(36-23)39-19-21-12-15-34-26(31(5,6)7)24(21)30(2,3)4/h12,15,18,20H,11,13-14,16-17,19H2,1-10H3,(H2,33,35). The van der Waals surface area contributed by atoms with Crippen molar-refractivity contribution >= 4 is 17.2 Å². The van der Waals surface area contributed by atoms with Crippen molar-refractivity contribution in [2.75, 3.05) is 18.8 Å². The normalized spacial score (nSPS) is 15.9. The van der Waals surface area contributed by atoms with Crippen LogP contribution in [-0.4, -0.2) is 43.5 Å². The molecule has 8 heteroatoms. The molecule has 1 saturated heterocycles. The van der Waals surface area contributed by atoms with Gasteiger partial charge in [-0.05, 0) is 75.7 Å². The third kappa shape index (κ3) is 6.65. The van der Waals surface area contributed by atoms with Gasteiger partial charge in [0, 0.05) is 28.8 Å². The van der Waals surface area contributed by atoms with Crippen LogP contribution in [0.4, 0.5) is 5.82 Å². The van der Waals surface area contributed by atoms with Crippen LogP contribution in [0, 0.1) is 0 Å². The van der Waals surface area contributed by atoms with Gasteiger partial charge in [0.25, 0.3) is 5.88 Å². The van der Waals surface area contributed by atoms with Gasteiger partial charge in [-0.25, -0.2) is 15.0 Å². The molecular weight excluding hydrogens is 516 g/mol. The maximum atomic E-state index is 6.28. The van der Waals surface area contributed by atoms with E-state index in [4.69, 9.17) is 25.4 Å². The molecule has 1 aliphatic rings. The lowest BCUT2D eigenvalue weighted by atomic mass is 9.76. The number of pyridine rings is 1. The Morgan fingerprint density at radius 2 is 1.65 bits per heavy atom. The Morgan fingerprint density at radius 3 is 2.23 bits per heavy atom. The SMILES string of the molecule is CCc1nc(C2CCN(C(C)(C)C)CC2)sc1-c1cnc(N)c(OCc2ccnc(C(C)(C)C)c2C(C)(C)C)n1. The van der Waals surface area contributed by atoms with E-state index < -0.39 is 0 Å². The molecule has 0 amide bonds. The molecule has 40 heavy (non-hydrogen) atoms. The number of nitrogens with zero attached hydrogens (tertiary/aromatic N) is 5. The van der Waals surface area contributed by atoms with Gasteiger partial charge in [-0.1, -0.05) is 48.5 Å². The quantitative estimate of drug-likeness (QED) is 0.336. The summed E-state index contributed by atoms with van der Waals surface area (Å²) < 4.78 is 6.28. The number of hydrogen-bond acceptors (Lipinski definition) is 8. The van der Waals surface area contributed by atoms with Crippen LogP contribution in [0.3, 0.4) is 0 Å². The number of rotatable bonds is 6. The molecule has 0 spiro atoms. The van der Waals surface area contributed by atoms with Gasteiger partial charge in [0.05, 0.1) is 21.8 Å². The van der Waals surface area contributed by atoms with E-state index in [0.717, 1.165) is 59.9 Å². The molecule has 1 aliphatic heterocycles. The van der Waals surface area contributed by atoms with Gasteiger partial charge in [0.15, 0.2) is 5.82 Å². The first kappa shape index (κ1) is 30.4. The topological polar surface area (TPSA) is 90.1 Å². The van der Waals surface area contributed by atoms with Crippen LogP contribution in [0.2, 0.25) is 0 Å². The van der Waals surface area contributed by atoms with Crippen molar-refractivity contribution in [1.29, 1.82) is 0 Å². The Hall–Kier alpha value is -2.58. The number of aromatic nitrogens is 4. The van der Waals surface area contributed by atoms with Crippen LogP contribution in [0.1, 0.15) is 116 Å². The van der Waals surface area contributed by atoms with Crippen molar-refractivity contribution in [2.45, 2.75) is 117 Å². The Kier molecular flexibility index (Phi) is 8.63. The Morgan fingerprint density at radius 1 is 0.975 bits per heavy atom. The van der Waals surface area contributed by atoms with Gasteiger partial charge in [-0.3, -0.25) is 9.88 Å². The fourth-order valence-electron chi connectivity index (χ4n) is 5.55. The Labute approximate surface area is 245 Å². The molecule has 4 heterocycles. The van der Waals surface area contributed by atoms with Crippen molar-refractivity contribution in [3.8, 4) is 16.5 Å². The number of anilines is 1. The lowest BCUT2D eigenvalue weighted by Gasteiger charge is -2.40. The van der Waals surface area contributed by atoms with E-state index in [0.29, 0.717) is 24.2 Å². The van der Waals surface area contributed by atoms with Gasteiger partial charge in [-0.15, -0.1) is 11.3 Å². The summed E-state index contributed by atoms with van der Waals surface area (Å²) >= 11 is 1.76. The molecule has 1 fully saturated rings. The summed E-state index contributed by atoms with van der Waals surface area (Å²) in [5.41, 5.74) is 11.5. The second-order valence-corrected chi connectivity index (χ2v) is 15.1. The van der Waals surface area contributed by atoms with Gasteiger partial charge < -0.3 is 10.5 Å². The van der Waals surface area contributed by atoms with E-state index in [2.05, 4.69) is 79.1 Å². The van der Waals surface area contributed by atoms with Gasteiger partial charge in [-0.2, -0.15) is 0 Å². The van der Waals surface area contributed by atoms with E-state index in [1.54, 1.807) is 17.5 Å². The molecule has 0 aliphatic carbocycles. The zero-order valence-corrected chi connectivity index (χ0v) is 27.0. The summed E-state index contributed by atoms with van der Waals surface area (Å²) in [5, 5.41) is 1.21. The molecule has 7 nitrogen and oxygen atoms in total. The first-order valence-corrected chi connectivity index (χ1v) is 15.4. The van der Waals surface area contributed by atoms with Gasteiger partial charge >= 0.3 is 0 Å². The van der Waals surface area contributed by atoms with Crippen molar-refractivity contribution in [2.24, 2.45) is 0 Å². The maximum absolute atomic E-state index is 6.28. The van der Waals surface area contributed by atoms with Gasteiger partial charge in [0.1, 0.15) is 12.3 Å². The van der Waals surface area contributed by atoms with E-state index in [1.807, 2.05) is 12.3 Å². The summed E-state index contributed by atoms with van der Waals surface area (Å²) in [7, 11) is 0. The van der Waals surface area contributed by atoms with Gasteiger partial charge in [0.2, 0.25) is 0 Å². The highest BCUT2D eigenvalue weighted by Crippen LogP contribution is 2.39. The van der Waals surface area contributed by atoms with Crippen molar-refractivity contribution in [3.05, 3.63) is 46.0 Å². The maximum Gasteiger partial charge on any atom is 0.258 e. The molecule has 0 atom stereocenters. The highest BCUT2D eigenvalue weighted by Gasteiger charge is 2.31. The first-order valence-electron chi connectivity index (χ1n) is 14.6. The number of ether oxygens (including phenoxy) is 1. The molecule has 0 aromatic carbocycles. The number of nitrogens with two attached hydrogens (primary N) is 1. The number of likely N-dealkylation sites (tertiary alicyclic amines) is 1. The number of piperidine rings is 1. The summed E-state index contributed by atoms with van der Waals surface area (Å²) in [5.74, 6) is 1.14. The van der Waals surface area contributed by atoms with E-state index >= 15 is 0 Å². The van der Waals surface area contributed by atoms with Crippen molar-refractivity contribution in [3.63, 3.8) is 0 Å². The molecule has 0 saturated carbocycles. The van der Waals surface area contributed by atoms with Crippen LogP contribution in [-0.2, 0) is 23.9 Å². The van der Waals surface area contributed by atoms with Crippen molar-refractivity contribution in [1.82, 2.24) is 24.8 Å². The zero-order valence-electron chi connectivity index (χ0n) is 26.2. The highest BCUT2D eigenvalue weighted by atomic mass is 32.1. The molecule has 0 unspecified atom stereocenters. The molecule has 218 valence electrons. The van der Waals surface area contributed by atoms with Crippen LogP contribution >= 0.6 is 11.3 Å². The minimum Gasteiger partial charge on any atom is -0.470 e. The summed E-state index contributed by atoms with van der Waals surface area (Å²) in [4.78, 5) is 22.8. The molecule has 0 radical (unpaired) electrons. The molecule has 0 bridgehead atoms. The van der Waals surface area contributed by atoms with Crippen molar-refractivity contribution < 1.29 is 4.74 Å². The average molecular weight is 565 g/mol. The molecule has 2 N–H and O–H groups in total. The predicted molar refractivity (Wildman–Crippen MR) is 166 cm³/mol. The molecule has 3 aromatic heterocycles. The summed E-state index contributed by atoms with van der Waals surface area (Å²) in [6, 6.07) is 2.04. The van der Waals surface area contributed by atoms with Crippen LogP contribution in [0.15, 0.2) is 18.5 Å². The number of hydrogen-bond donors (Lipinski definition) is 1. The average Bonchev–Trinajstić information content (AvgIpc) is 3.31. The number of thiazole rings is 1. The third-order valence-electron chi connectivity index (χ3n) is 7.70. The third-order valence-corrected chi connectivity index (χ3v) is 8.99. The van der Waals surface area contributed by atoms with E-state index in [-0.39, 0.29) is 16.4 Å². The lowest BCUT2D eigenvalue weighted by molar-refractivity contribution is 0.102.